The fourth-order valence-corrected chi connectivity index (χ4v) is 4.23. The van der Waals surface area contributed by atoms with Crippen molar-refractivity contribution in [2.24, 2.45) is 5.41 Å². The molecular formula is C17H18N4O4S. The highest BCUT2D eigenvalue weighted by Crippen LogP contribution is 2.42. The molecule has 0 saturated heterocycles. The van der Waals surface area contributed by atoms with Crippen LogP contribution in [0.2, 0.25) is 0 Å². The van der Waals surface area contributed by atoms with Gasteiger partial charge >= 0.3 is 0 Å². The van der Waals surface area contributed by atoms with Gasteiger partial charge < -0.3 is 15.0 Å². The third-order valence-electron chi connectivity index (χ3n) is 4.51. The highest BCUT2D eigenvalue weighted by Gasteiger charge is 2.32. The normalized spacial score (nSPS) is 18.2. The zero-order valence-corrected chi connectivity index (χ0v) is 15.3. The smallest absolute Gasteiger partial charge is 0.273 e. The van der Waals surface area contributed by atoms with E-state index in [4.69, 9.17) is 9.72 Å². The van der Waals surface area contributed by atoms with Crippen LogP contribution in [0.3, 0.4) is 0 Å². The number of carbonyl (C=O) groups excluding carboxylic acids is 1. The quantitative estimate of drug-likeness (QED) is 0.641. The third kappa shape index (κ3) is 2.88. The summed E-state index contributed by atoms with van der Waals surface area (Å²) in [6.07, 6.45) is 0.717. The van der Waals surface area contributed by atoms with Gasteiger partial charge in [0, 0.05) is 12.6 Å². The van der Waals surface area contributed by atoms with Crippen LogP contribution in [0, 0.1) is 15.5 Å². The summed E-state index contributed by atoms with van der Waals surface area (Å²) in [5.41, 5.74) is 1.46. The topological polar surface area (TPSA) is 97.6 Å². The molecule has 0 unspecified atom stereocenters. The number of amides is 1. The first-order valence-electron chi connectivity index (χ1n) is 8.31. The standard InChI is InChI=1S/C17H18N4O4S/c1-17(2)8-11-14(15(22)18-9-17)26-16(19-11)20-5-6-25-13-7-10(21(23)24)3-4-12(13)20/h3-4,7H,5-6,8-9H2,1-2H3,(H,18,22). The Morgan fingerprint density at radius 3 is 3.00 bits per heavy atom. The van der Waals surface area contributed by atoms with E-state index < -0.39 is 4.92 Å². The maximum absolute atomic E-state index is 12.4. The molecule has 1 N–H and O–H groups in total. The number of benzene rings is 1. The lowest BCUT2D eigenvalue weighted by Gasteiger charge is -2.29. The fourth-order valence-electron chi connectivity index (χ4n) is 3.19. The number of non-ortho nitro benzene ring substituents is 1. The van der Waals surface area contributed by atoms with E-state index in [9.17, 15) is 14.9 Å². The summed E-state index contributed by atoms with van der Waals surface area (Å²) in [6, 6.07) is 4.55. The molecule has 3 heterocycles. The average molecular weight is 374 g/mol. The molecule has 4 rings (SSSR count). The van der Waals surface area contributed by atoms with E-state index in [1.54, 1.807) is 6.07 Å². The van der Waals surface area contributed by atoms with Gasteiger partial charge in [0.1, 0.15) is 17.2 Å². The Morgan fingerprint density at radius 1 is 1.42 bits per heavy atom. The Labute approximate surface area is 153 Å². The van der Waals surface area contributed by atoms with Gasteiger partial charge in [0.15, 0.2) is 5.13 Å². The number of hydrogen-bond acceptors (Lipinski definition) is 7. The van der Waals surface area contributed by atoms with Crippen LogP contribution in [0.4, 0.5) is 16.5 Å². The Balaban J connectivity index is 1.73. The second kappa shape index (κ2) is 5.94. The Kier molecular flexibility index (Phi) is 3.83. The number of nitrogens with one attached hydrogen (secondary N) is 1. The molecule has 0 spiro atoms. The number of rotatable bonds is 2. The maximum Gasteiger partial charge on any atom is 0.273 e. The molecule has 2 aliphatic rings. The number of nitro groups is 1. The van der Waals surface area contributed by atoms with Gasteiger partial charge in [0.05, 0.1) is 28.9 Å². The highest BCUT2D eigenvalue weighted by molar-refractivity contribution is 7.17. The first-order valence-corrected chi connectivity index (χ1v) is 9.12. The van der Waals surface area contributed by atoms with Gasteiger partial charge in [-0.1, -0.05) is 25.2 Å². The van der Waals surface area contributed by atoms with E-state index in [0.29, 0.717) is 35.5 Å². The molecule has 0 radical (unpaired) electrons. The SMILES string of the molecule is CC1(C)CNC(=O)c2sc(N3CCOc4cc([N+](=O)[O-])ccc43)nc2C1. The van der Waals surface area contributed by atoms with Crippen LogP contribution in [0.25, 0.3) is 0 Å². The number of thiazole rings is 1. The molecule has 136 valence electrons. The lowest BCUT2D eigenvalue weighted by atomic mass is 9.88. The van der Waals surface area contributed by atoms with E-state index in [1.165, 1.54) is 23.5 Å². The third-order valence-corrected chi connectivity index (χ3v) is 5.63. The zero-order chi connectivity index (χ0) is 18.5. The number of nitro benzene ring substituents is 1. The minimum absolute atomic E-state index is 0.0124. The number of fused-ring (bicyclic) bond motifs is 2. The summed E-state index contributed by atoms with van der Waals surface area (Å²) in [5.74, 6) is 0.368. The molecule has 0 fully saturated rings. The molecule has 26 heavy (non-hydrogen) atoms. The van der Waals surface area contributed by atoms with Gasteiger partial charge in [0.2, 0.25) is 0 Å². The molecular weight excluding hydrogens is 356 g/mol. The van der Waals surface area contributed by atoms with E-state index in [0.717, 1.165) is 17.8 Å². The van der Waals surface area contributed by atoms with Crippen LogP contribution in [0.5, 0.6) is 5.75 Å². The number of anilines is 2. The first kappa shape index (κ1) is 16.8. The van der Waals surface area contributed by atoms with Gasteiger partial charge in [-0.3, -0.25) is 14.9 Å². The van der Waals surface area contributed by atoms with Crippen molar-refractivity contribution in [1.29, 1.82) is 0 Å². The number of nitrogens with zero attached hydrogens (tertiary/aromatic N) is 3. The predicted octanol–water partition coefficient (Wildman–Crippen LogP) is 2.89. The summed E-state index contributed by atoms with van der Waals surface area (Å²) in [5, 5.41) is 14.7. The number of hydrogen-bond donors (Lipinski definition) is 1. The van der Waals surface area contributed by atoms with E-state index >= 15 is 0 Å². The largest absolute Gasteiger partial charge is 0.489 e. The minimum Gasteiger partial charge on any atom is -0.489 e. The van der Waals surface area contributed by atoms with Crippen LogP contribution >= 0.6 is 11.3 Å². The second-order valence-electron chi connectivity index (χ2n) is 7.21. The monoisotopic (exact) mass is 374 g/mol. The molecule has 2 aliphatic heterocycles. The molecule has 0 aliphatic carbocycles. The summed E-state index contributed by atoms with van der Waals surface area (Å²) < 4.78 is 5.59. The molecule has 0 atom stereocenters. The fraction of sp³-hybridized carbons (Fsp3) is 0.412. The number of ether oxygens (including phenoxy) is 1. The van der Waals surface area contributed by atoms with Crippen molar-refractivity contribution in [1.82, 2.24) is 10.3 Å². The molecule has 1 amide bonds. The maximum atomic E-state index is 12.4. The van der Waals surface area contributed by atoms with Crippen LogP contribution in [-0.4, -0.2) is 35.5 Å². The van der Waals surface area contributed by atoms with Crippen molar-refractivity contribution in [3.63, 3.8) is 0 Å². The van der Waals surface area contributed by atoms with Crippen LogP contribution in [0.15, 0.2) is 18.2 Å². The highest BCUT2D eigenvalue weighted by atomic mass is 32.1. The molecule has 2 aromatic rings. The summed E-state index contributed by atoms with van der Waals surface area (Å²) in [4.78, 5) is 30.3. The summed E-state index contributed by atoms with van der Waals surface area (Å²) in [7, 11) is 0. The molecule has 1 aromatic carbocycles. The number of aromatic nitrogens is 1. The van der Waals surface area contributed by atoms with Gasteiger partial charge in [-0.25, -0.2) is 4.98 Å². The lowest BCUT2D eigenvalue weighted by Crippen LogP contribution is -2.32. The van der Waals surface area contributed by atoms with Crippen molar-refractivity contribution in [3.8, 4) is 5.75 Å². The van der Waals surface area contributed by atoms with Crippen molar-refractivity contribution in [3.05, 3.63) is 38.9 Å². The second-order valence-corrected chi connectivity index (χ2v) is 8.18. The van der Waals surface area contributed by atoms with Gasteiger partial charge in [-0.15, -0.1) is 0 Å². The Morgan fingerprint density at radius 2 is 2.23 bits per heavy atom. The van der Waals surface area contributed by atoms with E-state index in [-0.39, 0.29) is 17.0 Å². The molecule has 1 aromatic heterocycles. The molecule has 0 saturated carbocycles. The van der Waals surface area contributed by atoms with Gasteiger partial charge in [0.25, 0.3) is 11.6 Å². The van der Waals surface area contributed by atoms with Crippen molar-refractivity contribution >= 4 is 33.8 Å². The van der Waals surface area contributed by atoms with Crippen molar-refractivity contribution < 1.29 is 14.5 Å². The van der Waals surface area contributed by atoms with Crippen LogP contribution in [-0.2, 0) is 6.42 Å². The average Bonchev–Trinajstić information content (AvgIpc) is 2.97. The zero-order valence-electron chi connectivity index (χ0n) is 14.4. The summed E-state index contributed by atoms with van der Waals surface area (Å²) in [6.45, 7) is 5.79. The predicted molar refractivity (Wildman–Crippen MR) is 97.5 cm³/mol. The van der Waals surface area contributed by atoms with Crippen molar-refractivity contribution in [2.45, 2.75) is 20.3 Å². The Bertz CT molecular complexity index is 908. The first-order chi connectivity index (χ1) is 12.3. The molecule has 9 heteroatoms. The van der Waals surface area contributed by atoms with Crippen LogP contribution < -0.4 is 15.0 Å². The van der Waals surface area contributed by atoms with Gasteiger partial charge in [-0.2, -0.15) is 0 Å². The van der Waals surface area contributed by atoms with Crippen molar-refractivity contribution in [2.75, 3.05) is 24.6 Å². The molecule has 8 nitrogen and oxygen atoms in total. The van der Waals surface area contributed by atoms with E-state index in [2.05, 4.69) is 19.2 Å². The summed E-state index contributed by atoms with van der Waals surface area (Å²) >= 11 is 1.35. The molecule has 0 bridgehead atoms. The minimum atomic E-state index is -0.444. The van der Waals surface area contributed by atoms with E-state index in [1.807, 2.05) is 4.90 Å². The number of carbonyl (C=O) groups is 1. The lowest BCUT2D eigenvalue weighted by molar-refractivity contribution is -0.384. The Hall–Kier alpha value is -2.68. The van der Waals surface area contributed by atoms with Gasteiger partial charge in [-0.05, 0) is 17.9 Å². The van der Waals surface area contributed by atoms with Crippen LogP contribution in [0.1, 0.15) is 29.2 Å².